The molecule has 1 aromatic rings. The van der Waals surface area contributed by atoms with Gasteiger partial charge in [0.05, 0.1) is 0 Å². The molecule has 168 valence electrons. The van der Waals surface area contributed by atoms with Crippen molar-refractivity contribution in [2.24, 2.45) is 0 Å². The van der Waals surface area contributed by atoms with Crippen LogP contribution in [0.15, 0.2) is 30.3 Å². The summed E-state index contributed by atoms with van der Waals surface area (Å²) in [6.45, 7) is 2.29. The van der Waals surface area contributed by atoms with E-state index in [-0.39, 0.29) is 0 Å². The highest BCUT2D eigenvalue weighted by Gasteiger charge is 2.19. The molecule has 0 aromatic heterocycles. The van der Waals surface area contributed by atoms with Gasteiger partial charge in [0.25, 0.3) is 0 Å². The lowest BCUT2D eigenvalue weighted by atomic mass is 10.0. The molecule has 1 aromatic carbocycles. The normalized spacial score (nSPS) is 12.6. The Balaban J connectivity index is 1.87. The lowest BCUT2D eigenvalue weighted by Gasteiger charge is -2.16. The zero-order valence-electron chi connectivity index (χ0n) is 19.0. The molecule has 0 N–H and O–H groups in total. The fourth-order valence-electron chi connectivity index (χ4n) is 4.19. The van der Waals surface area contributed by atoms with Gasteiger partial charge in [-0.1, -0.05) is 146 Å². The number of halogens is 2. The van der Waals surface area contributed by atoms with Crippen molar-refractivity contribution in [1.29, 1.82) is 0 Å². The maximum Gasteiger partial charge on any atom is 0.240 e. The first-order chi connectivity index (χ1) is 14.2. The summed E-state index contributed by atoms with van der Waals surface area (Å²) in [5.41, 5.74) is 1.90. The smallest absolute Gasteiger partial charge is 0.150 e. The maximum atomic E-state index is 6.37. The van der Waals surface area contributed by atoms with Crippen LogP contribution in [0.2, 0.25) is 5.54 Å². The van der Waals surface area contributed by atoms with Gasteiger partial charge < -0.3 is 0 Å². The number of hydrogen-bond acceptors (Lipinski definition) is 0. The molecule has 0 saturated heterocycles. The van der Waals surface area contributed by atoms with Gasteiger partial charge >= 0.3 is 0 Å². The first kappa shape index (κ1) is 27.1. The van der Waals surface area contributed by atoms with Gasteiger partial charge in [0.15, 0.2) is 0 Å². The van der Waals surface area contributed by atoms with E-state index in [1.165, 1.54) is 115 Å². The van der Waals surface area contributed by atoms with Crippen LogP contribution >= 0.6 is 22.2 Å². The molecule has 0 fully saturated rings. The summed E-state index contributed by atoms with van der Waals surface area (Å²) in [6, 6.07) is 10.7. The van der Waals surface area contributed by atoms with Crippen molar-refractivity contribution in [2.75, 3.05) is 0 Å². The van der Waals surface area contributed by atoms with E-state index in [1.807, 2.05) is 0 Å². The Kier molecular flexibility index (Phi) is 18.6. The Morgan fingerprint density at radius 1 is 0.621 bits per heavy atom. The van der Waals surface area contributed by atoms with Crippen molar-refractivity contribution in [1.82, 2.24) is 0 Å². The van der Waals surface area contributed by atoms with E-state index in [0.29, 0.717) is 5.54 Å². The second kappa shape index (κ2) is 19.9. The van der Waals surface area contributed by atoms with Crippen LogP contribution in [0.3, 0.4) is 0 Å². The van der Waals surface area contributed by atoms with Gasteiger partial charge in [0, 0.05) is 0 Å². The minimum Gasteiger partial charge on any atom is -0.150 e. The van der Waals surface area contributed by atoms with Gasteiger partial charge in [-0.25, -0.2) is 0 Å². The summed E-state index contributed by atoms with van der Waals surface area (Å²) >= 11 is 12.7. The van der Waals surface area contributed by atoms with Crippen LogP contribution in [-0.2, 0) is 6.42 Å². The van der Waals surface area contributed by atoms with E-state index in [4.69, 9.17) is 22.2 Å². The molecule has 0 aliphatic carbocycles. The fourth-order valence-corrected chi connectivity index (χ4v) is 6.42. The third-order valence-corrected chi connectivity index (χ3v) is 9.55. The molecule has 0 nitrogen and oxygen atoms in total. The first-order valence-electron chi connectivity index (χ1n) is 12.6. The van der Waals surface area contributed by atoms with E-state index < -0.39 is 7.42 Å². The lowest BCUT2D eigenvalue weighted by molar-refractivity contribution is 0.525. The predicted octanol–water partition coefficient (Wildman–Crippen LogP) is 9.95. The molecule has 0 spiro atoms. The number of unbranched alkanes of at least 4 members (excludes halogenated alkanes) is 15. The molecule has 29 heavy (non-hydrogen) atoms. The Labute approximate surface area is 193 Å². The molecule has 0 saturated carbocycles. The minimum atomic E-state index is -1.61. The summed E-state index contributed by atoms with van der Waals surface area (Å²) in [7, 11) is -1.61. The van der Waals surface area contributed by atoms with Crippen molar-refractivity contribution in [2.45, 2.75) is 128 Å². The second-order valence-corrected chi connectivity index (χ2v) is 14.0. The van der Waals surface area contributed by atoms with E-state index >= 15 is 0 Å². The molecular weight excluding hydrogens is 411 g/mol. The predicted molar refractivity (Wildman–Crippen MR) is 137 cm³/mol. The van der Waals surface area contributed by atoms with E-state index in [1.54, 1.807) is 0 Å². The highest BCUT2D eigenvalue weighted by molar-refractivity contribution is 7.34. The highest BCUT2D eigenvalue weighted by Crippen LogP contribution is 2.28. The quantitative estimate of drug-likeness (QED) is 0.104. The van der Waals surface area contributed by atoms with E-state index in [9.17, 15) is 0 Å². The van der Waals surface area contributed by atoms with Gasteiger partial charge in [0.1, 0.15) is 0 Å². The average molecular weight is 458 g/mol. The van der Waals surface area contributed by atoms with Gasteiger partial charge in [-0.2, -0.15) is 22.2 Å². The van der Waals surface area contributed by atoms with Gasteiger partial charge in [-0.15, -0.1) is 0 Å². The van der Waals surface area contributed by atoms with Crippen LogP contribution in [0.4, 0.5) is 0 Å². The van der Waals surface area contributed by atoms with E-state index in [2.05, 4.69) is 37.3 Å². The topological polar surface area (TPSA) is 0 Å². The zero-order chi connectivity index (χ0) is 21.0. The number of rotatable bonds is 20. The molecule has 1 rings (SSSR count). The molecule has 0 aliphatic heterocycles. The van der Waals surface area contributed by atoms with Crippen LogP contribution in [0.1, 0.15) is 122 Å². The molecule has 1 atom stereocenters. The molecule has 1 unspecified atom stereocenters. The summed E-state index contributed by atoms with van der Waals surface area (Å²) in [6.07, 6.45) is 25.0. The zero-order valence-corrected chi connectivity index (χ0v) is 21.7. The van der Waals surface area contributed by atoms with Crippen LogP contribution in [-0.4, -0.2) is 7.42 Å². The standard InChI is InChI=1S/C26H46Cl2Si/c1-2-3-4-5-6-7-8-9-10-11-12-13-14-15-16-20-23-26(29(27)28)24-25-21-18-17-19-22-25/h17-19,21-22,26,29H,2-16,20,23-24H2,1H3. The largest absolute Gasteiger partial charge is 0.240 e. The van der Waals surface area contributed by atoms with Crippen LogP contribution in [0, 0.1) is 0 Å². The maximum absolute atomic E-state index is 6.37. The molecule has 0 amide bonds. The van der Waals surface area contributed by atoms with Crippen molar-refractivity contribution in [3.63, 3.8) is 0 Å². The SMILES string of the molecule is CCCCCCCCCCCCCCCCCCC(Cc1ccccc1)[SiH](Cl)Cl. The first-order valence-corrected chi connectivity index (χ1v) is 16.7. The Hall–Kier alpha value is 0.0169. The van der Waals surface area contributed by atoms with Crippen LogP contribution < -0.4 is 0 Å². The summed E-state index contributed by atoms with van der Waals surface area (Å²) in [5, 5.41) is 0. The minimum absolute atomic E-state index is 0.521. The number of benzene rings is 1. The summed E-state index contributed by atoms with van der Waals surface area (Å²) in [5.74, 6) is 0. The monoisotopic (exact) mass is 456 g/mol. The molecule has 0 bridgehead atoms. The Morgan fingerprint density at radius 2 is 1.03 bits per heavy atom. The Bertz CT molecular complexity index is 449. The molecule has 0 radical (unpaired) electrons. The van der Waals surface area contributed by atoms with Gasteiger partial charge in [-0.05, 0) is 17.5 Å². The van der Waals surface area contributed by atoms with E-state index in [0.717, 1.165) is 6.42 Å². The third-order valence-electron chi connectivity index (χ3n) is 6.13. The Morgan fingerprint density at radius 3 is 1.45 bits per heavy atom. The van der Waals surface area contributed by atoms with Crippen LogP contribution in [0.5, 0.6) is 0 Å². The average Bonchev–Trinajstić information content (AvgIpc) is 2.73. The molecule has 0 heterocycles. The molecule has 0 aliphatic rings. The van der Waals surface area contributed by atoms with Gasteiger partial charge in [-0.3, -0.25) is 0 Å². The molecule has 3 heteroatoms. The second-order valence-electron chi connectivity index (χ2n) is 8.88. The van der Waals surface area contributed by atoms with Crippen LogP contribution in [0.25, 0.3) is 0 Å². The highest BCUT2D eigenvalue weighted by atomic mass is 35.7. The van der Waals surface area contributed by atoms with Crippen molar-refractivity contribution in [3.05, 3.63) is 35.9 Å². The van der Waals surface area contributed by atoms with Crippen molar-refractivity contribution < 1.29 is 0 Å². The summed E-state index contributed by atoms with van der Waals surface area (Å²) in [4.78, 5) is 0. The summed E-state index contributed by atoms with van der Waals surface area (Å²) < 4.78 is 0. The third kappa shape index (κ3) is 16.4. The fraction of sp³-hybridized carbons (Fsp3) is 0.769. The van der Waals surface area contributed by atoms with Crippen molar-refractivity contribution in [3.8, 4) is 0 Å². The van der Waals surface area contributed by atoms with Gasteiger partial charge in [0.2, 0.25) is 7.42 Å². The van der Waals surface area contributed by atoms with Crippen molar-refractivity contribution >= 4 is 29.6 Å². The lowest BCUT2D eigenvalue weighted by Crippen LogP contribution is -2.10. The molecular formula is C26H46Cl2Si. The number of hydrogen-bond donors (Lipinski definition) is 0.